The molecule has 0 amide bonds. The number of aromatic nitrogens is 2. The third-order valence-corrected chi connectivity index (χ3v) is 7.02. The molecule has 4 aromatic rings. The molecule has 228 valence electrons. The monoisotopic (exact) mass is 585 g/mol. The van der Waals surface area contributed by atoms with Crippen molar-refractivity contribution in [3.8, 4) is 28.9 Å². The number of pyridine rings is 2. The second kappa shape index (κ2) is 17.1. The van der Waals surface area contributed by atoms with Crippen molar-refractivity contribution >= 4 is 0 Å². The minimum absolute atomic E-state index is 0.125. The summed E-state index contributed by atoms with van der Waals surface area (Å²) < 4.78 is 27.0. The molecule has 0 bridgehead atoms. The molecule has 2 atom stereocenters. The Morgan fingerprint density at radius 2 is 1.42 bits per heavy atom. The van der Waals surface area contributed by atoms with E-state index in [1.807, 2.05) is 54.1 Å². The summed E-state index contributed by atoms with van der Waals surface area (Å²) in [7, 11) is 1.60. The van der Waals surface area contributed by atoms with Gasteiger partial charge in [-0.2, -0.15) is 0 Å². The van der Waals surface area contributed by atoms with Gasteiger partial charge >= 0.3 is 5.88 Å². The number of nitrogens with zero attached hydrogens (tertiary/aromatic N) is 2. The van der Waals surface area contributed by atoms with Crippen LogP contribution in [0.3, 0.4) is 0 Å². The maximum Gasteiger partial charge on any atom is 0.417 e. The fraction of sp³-hybridized carbons (Fsp3) is 0.371. The summed E-state index contributed by atoms with van der Waals surface area (Å²) in [6.45, 7) is 10.2. The molecule has 2 aromatic heterocycles. The minimum atomic E-state index is -0.221. The van der Waals surface area contributed by atoms with Gasteiger partial charge in [0.15, 0.2) is 11.9 Å². The number of methoxy groups -OCH3 is 1. The predicted octanol–water partition coefficient (Wildman–Crippen LogP) is 6.01. The molecule has 0 saturated carbocycles. The van der Waals surface area contributed by atoms with E-state index in [4.69, 9.17) is 18.9 Å². The van der Waals surface area contributed by atoms with Crippen LogP contribution in [0.5, 0.6) is 23.3 Å². The van der Waals surface area contributed by atoms with Crippen LogP contribution >= 0.6 is 0 Å². The lowest BCUT2D eigenvalue weighted by Crippen LogP contribution is -2.34. The summed E-state index contributed by atoms with van der Waals surface area (Å²) in [5, 5.41) is 6.85. The van der Waals surface area contributed by atoms with Gasteiger partial charge in [-0.3, -0.25) is 0 Å². The molecule has 0 aliphatic heterocycles. The highest BCUT2D eigenvalue weighted by Crippen LogP contribution is 2.33. The Hall–Kier alpha value is -4.14. The molecule has 0 fully saturated rings. The second-order valence-corrected chi connectivity index (χ2v) is 9.99. The van der Waals surface area contributed by atoms with E-state index in [1.165, 1.54) is 0 Å². The molecule has 8 nitrogen and oxygen atoms in total. The van der Waals surface area contributed by atoms with E-state index in [1.54, 1.807) is 13.3 Å². The molecule has 4 rings (SSSR count). The third kappa shape index (κ3) is 8.92. The minimum Gasteiger partial charge on any atom is -0.480 e. The van der Waals surface area contributed by atoms with Crippen molar-refractivity contribution < 1.29 is 23.5 Å². The van der Waals surface area contributed by atoms with Crippen molar-refractivity contribution in [1.82, 2.24) is 15.6 Å². The first-order valence-corrected chi connectivity index (χ1v) is 15.2. The Bertz CT molecular complexity index is 1390. The quantitative estimate of drug-likeness (QED) is 0.109. The summed E-state index contributed by atoms with van der Waals surface area (Å²) in [6, 6.07) is 26.4. The molecule has 0 radical (unpaired) electrons. The molecule has 2 N–H and O–H groups in total. The van der Waals surface area contributed by atoms with Crippen LogP contribution in [0.1, 0.15) is 56.9 Å². The van der Waals surface area contributed by atoms with E-state index >= 15 is 0 Å². The summed E-state index contributed by atoms with van der Waals surface area (Å²) in [5.41, 5.74) is 3.12. The highest BCUT2D eigenvalue weighted by molar-refractivity contribution is 5.37. The molecule has 2 unspecified atom stereocenters. The number of rotatable bonds is 18. The van der Waals surface area contributed by atoms with Crippen LogP contribution in [0.15, 0.2) is 91.3 Å². The highest BCUT2D eigenvalue weighted by atomic mass is 16.5. The molecule has 0 aliphatic rings. The molecule has 0 aliphatic carbocycles. The Kier molecular flexibility index (Phi) is 12.6. The van der Waals surface area contributed by atoms with Gasteiger partial charge in [0, 0.05) is 37.2 Å². The van der Waals surface area contributed by atoms with Crippen molar-refractivity contribution in [2.75, 3.05) is 39.9 Å². The number of ether oxygens (including phenoxy) is 4. The topological polar surface area (TPSA) is 77.8 Å². The summed E-state index contributed by atoms with van der Waals surface area (Å²) >= 11 is 0. The van der Waals surface area contributed by atoms with Crippen LogP contribution in [-0.2, 0) is 0 Å². The smallest absolute Gasteiger partial charge is 0.417 e. The molecule has 8 heteroatoms. The Labute approximate surface area is 256 Å². The molecule has 43 heavy (non-hydrogen) atoms. The van der Waals surface area contributed by atoms with Gasteiger partial charge in [-0.15, -0.1) is 4.57 Å². The lowest BCUT2D eigenvalue weighted by atomic mass is 10.0. The SMILES string of the molecule is CCNCCC(Oc1cccnc1OC)c1cccc(-[n+]2cccc(OC(CCNCC)c3ccccc3)c2OCC)c1. The Balaban J connectivity index is 1.68. The first-order valence-electron chi connectivity index (χ1n) is 15.2. The maximum absolute atomic E-state index is 6.70. The predicted molar refractivity (Wildman–Crippen MR) is 169 cm³/mol. The normalized spacial score (nSPS) is 12.4. The van der Waals surface area contributed by atoms with Crippen LogP contribution in [0.25, 0.3) is 5.69 Å². The number of nitrogens with one attached hydrogen (secondary N) is 2. The van der Waals surface area contributed by atoms with Crippen molar-refractivity contribution in [1.29, 1.82) is 0 Å². The fourth-order valence-electron chi connectivity index (χ4n) is 4.92. The number of benzene rings is 2. The van der Waals surface area contributed by atoms with E-state index in [9.17, 15) is 0 Å². The first-order chi connectivity index (χ1) is 21.2. The van der Waals surface area contributed by atoms with E-state index < -0.39 is 0 Å². The Morgan fingerprint density at radius 3 is 2.12 bits per heavy atom. The van der Waals surface area contributed by atoms with Gasteiger partial charge < -0.3 is 29.6 Å². The van der Waals surface area contributed by atoms with Crippen LogP contribution < -0.4 is 34.1 Å². The first kappa shape index (κ1) is 31.8. The molecule has 2 aromatic carbocycles. The van der Waals surface area contributed by atoms with Crippen LogP contribution in [-0.4, -0.2) is 44.9 Å². The van der Waals surface area contributed by atoms with Gasteiger partial charge in [0.25, 0.3) is 5.88 Å². The lowest BCUT2D eigenvalue weighted by Gasteiger charge is -2.21. The number of hydrogen-bond donors (Lipinski definition) is 2. The van der Waals surface area contributed by atoms with Crippen molar-refractivity contribution in [2.24, 2.45) is 0 Å². The zero-order valence-corrected chi connectivity index (χ0v) is 25.8. The summed E-state index contributed by atoms with van der Waals surface area (Å²) in [6.07, 6.45) is 4.96. The molecule has 2 heterocycles. The highest BCUT2D eigenvalue weighted by Gasteiger charge is 2.26. The van der Waals surface area contributed by atoms with Crippen molar-refractivity contribution in [3.05, 3.63) is 102 Å². The molecule has 0 spiro atoms. The lowest BCUT2D eigenvalue weighted by molar-refractivity contribution is -0.604. The second-order valence-electron chi connectivity index (χ2n) is 9.99. The van der Waals surface area contributed by atoms with Crippen molar-refractivity contribution in [2.45, 2.75) is 45.8 Å². The number of hydrogen-bond acceptors (Lipinski definition) is 7. The zero-order chi connectivity index (χ0) is 30.3. The maximum atomic E-state index is 6.70. The van der Waals surface area contributed by atoms with Gasteiger partial charge in [-0.25, -0.2) is 4.98 Å². The zero-order valence-electron chi connectivity index (χ0n) is 25.8. The summed E-state index contributed by atoms with van der Waals surface area (Å²) in [4.78, 5) is 4.31. The van der Waals surface area contributed by atoms with Gasteiger partial charge in [-0.05, 0) is 62.4 Å². The van der Waals surface area contributed by atoms with E-state index in [-0.39, 0.29) is 12.2 Å². The Morgan fingerprint density at radius 1 is 0.744 bits per heavy atom. The largest absolute Gasteiger partial charge is 0.480 e. The molecular formula is C35H45N4O4+. The summed E-state index contributed by atoms with van der Waals surface area (Å²) in [5.74, 6) is 2.43. The van der Waals surface area contributed by atoms with Gasteiger partial charge in [0.1, 0.15) is 12.2 Å². The van der Waals surface area contributed by atoms with Gasteiger partial charge in [0.05, 0.1) is 13.7 Å². The van der Waals surface area contributed by atoms with Gasteiger partial charge in [0.2, 0.25) is 11.4 Å². The average molecular weight is 586 g/mol. The van der Waals surface area contributed by atoms with Crippen molar-refractivity contribution in [3.63, 3.8) is 0 Å². The van der Waals surface area contributed by atoms with Crippen LogP contribution in [0.2, 0.25) is 0 Å². The van der Waals surface area contributed by atoms with Crippen LogP contribution in [0, 0.1) is 0 Å². The molecule has 0 saturated heterocycles. The average Bonchev–Trinajstić information content (AvgIpc) is 3.05. The van der Waals surface area contributed by atoms with E-state index in [0.29, 0.717) is 29.9 Å². The van der Waals surface area contributed by atoms with E-state index in [2.05, 4.69) is 71.9 Å². The van der Waals surface area contributed by atoms with E-state index in [0.717, 1.165) is 55.8 Å². The fourth-order valence-corrected chi connectivity index (χ4v) is 4.92. The standard InChI is InChI=1S/C35H45N4O4/c1-5-36-23-20-30(27-14-9-8-10-15-27)43-33-19-13-25-39(35(33)41-7-3)29-17-11-16-28(26-29)31(21-24-37-6-2)42-32-18-12-22-38-34(32)40-4/h8-19,22,25-26,30-31,36-37H,5-7,20-21,23-24H2,1-4H3/q+1. The van der Waals surface area contributed by atoms with Crippen LogP contribution in [0.4, 0.5) is 0 Å². The third-order valence-electron chi connectivity index (χ3n) is 7.02. The molecular weight excluding hydrogens is 540 g/mol. The van der Waals surface area contributed by atoms with Gasteiger partial charge in [-0.1, -0.05) is 56.3 Å².